The first-order valence-electron chi connectivity index (χ1n) is 10.7. The van der Waals surface area contributed by atoms with E-state index in [1.165, 1.54) is 5.56 Å². The number of anilines is 2. The second-order valence-electron chi connectivity index (χ2n) is 7.95. The van der Waals surface area contributed by atoms with Crippen molar-refractivity contribution in [1.82, 2.24) is 15.6 Å². The van der Waals surface area contributed by atoms with Crippen molar-refractivity contribution in [1.29, 1.82) is 0 Å². The Morgan fingerprint density at radius 2 is 2.03 bits per heavy atom. The fourth-order valence-corrected chi connectivity index (χ4v) is 4.12. The van der Waals surface area contributed by atoms with Gasteiger partial charge in [0, 0.05) is 53.9 Å². The maximum Gasteiger partial charge on any atom is 0.272 e. The molecule has 2 aliphatic rings. The molecule has 1 aromatic heterocycles. The van der Waals surface area contributed by atoms with E-state index in [-0.39, 0.29) is 17.9 Å². The van der Waals surface area contributed by atoms with Crippen molar-refractivity contribution >= 4 is 39.9 Å². The first kappa shape index (κ1) is 20.1. The van der Waals surface area contributed by atoms with E-state index in [1.54, 1.807) is 24.3 Å². The summed E-state index contributed by atoms with van der Waals surface area (Å²) in [6, 6.07) is 13.1. The summed E-state index contributed by atoms with van der Waals surface area (Å²) in [5.41, 5.74) is 10.1. The number of aromatic nitrogens is 1. The number of benzene rings is 2. The van der Waals surface area contributed by atoms with Crippen LogP contribution in [0.3, 0.4) is 0 Å². The lowest BCUT2D eigenvalue weighted by Gasteiger charge is -2.11. The number of aliphatic imine (C=N–C) groups is 1. The Morgan fingerprint density at radius 1 is 1.12 bits per heavy atom. The molecule has 3 aromatic rings. The topological polar surface area (TPSA) is 136 Å². The molecule has 2 amide bonds. The number of aromatic amines is 1. The third kappa shape index (κ3) is 3.90. The van der Waals surface area contributed by atoms with Gasteiger partial charge in [0.2, 0.25) is 0 Å². The molecule has 164 valence electrons. The molecular weight excluding hydrogens is 406 g/mol. The summed E-state index contributed by atoms with van der Waals surface area (Å²) in [7, 11) is 0. The third-order valence-electron chi connectivity index (χ3n) is 5.71. The van der Waals surface area contributed by atoms with Crippen LogP contribution in [0, 0.1) is 0 Å². The van der Waals surface area contributed by atoms with E-state index in [1.807, 2.05) is 18.2 Å². The van der Waals surface area contributed by atoms with Gasteiger partial charge in [-0.25, -0.2) is 0 Å². The van der Waals surface area contributed by atoms with E-state index in [0.717, 1.165) is 41.9 Å². The fourth-order valence-electron chi connectivity index (χ4n) is 4.12. The quantitative estimate of drug-likeness (QED) is 0.351. The zero-order chi connectivity index (χ0) is 22.1. The average molecular weight is 432 g/mol. The van der Waals surface area contributed by atoms with Crippen LogP contribution < -0.4 is 27.0 Å². The summed E-state index contributed by atoms with van der Waals surface area (Å²) in [6.45, 7) is 2.50. The largest absolute Gasteiger partial charge is 0.375 e. The van der Waals surface area contributed by atoms with Gasteiger partial charge in [-0.15, -0.1) is 0 Å². The minimum absolute atomic E-state index is 0.156. The van der Waals surface area contributed by atoms with E-state index < -0.39 is 0 Å². The molecule has 1 unspecified atom stereocenters. The molecule has 9 heteroatoms. The molecule has 2 aliphatic heterocycles. The number of nitrogens with one attached hydrogen (secondary N) is 5. The van der Waals surface area contributed by atoms with E-state index in [0.29, 0.717) is 30.0 Å². The fraction of sp³-hybridized carbons (Fsp3) is 0.261. The lowest BCUT2D eigenvalue weighted by molar-refractivity contribution is 0.0954. The molecule has 2 aromatic carbocycles. The maximum absolute atomic E-state index is 12.8. The summed E-state index contributed by atoms with van der Waals surface area (Å²) in [4.78, 5) is 32.6. The molecule has 1 atom stereocenters. The van der Waals surface area contributed by atoms with Crippen molar-refractivity contribution in [3.05, 3.63) is 59.3 Å². The summed E-state index contributed by atoms with van der Waals surface area (Å²) < 4.78 is 0. The number of nitrogens with two attached hydrogens (primary N) is 1. The normalized spacial score (nSPS) is 16.8. The molecule has 3 heterocycles. The molecule has 7 N–H and O–H groups in total. The smallest absolute Gasteiger partial charge is 0.272 e. The molecule has 32 heavy (non-hydrogen) atoms. The number of hydrogen-bond acceptors (Lipinski definition) is 6. The number of fused-ring (bicyclic) bond motifs is 2. The van der Waals surface area contributed by atoms with Crippen LogP contribution in [-0.2, 0) is 6.42 Å². The Labute approximate surface area is 184 Å². The summed E-state index contributed by atoms with van der Waals surface area (Å²) in [5.74, 6) is 0.569. The number of hydrogen-bond donors (Lipinski definition) is 6. The molecule has 0 saturated heterocycles. The van der Waals surface area contributed by atoms with Crippen molar-refractivity contribution in [2.75, 3.05) is 36.8 Å². The Morgan fingerprint density at radius 3 is 2.84 bits per heavy atom. The van der Waals surface area contributed by atoms with E-state index in [9.17, 15) is 9.59 Å². The van der Waals surface area contributed by atoms with Crippen LogP contribution in [0.5, 0.6) is 0 Å². The van der Waals surface area contributed by atoms with Gasteiger partial charge in [0.1, 0.15) is 11.5 Å². The van der Waals surface area contributed by atoms with Crippen molar-refractivity contribution in [3.8, 4) is 0 Å². The average Bonchev–Trinajstić information content (AvgIpc) is 3.55. The molecule has 0 radical (unpaired) electrons. The zero-order valence-corrected chi connectivity index (χ0v) is 17.5. The number of H-pyrrole nitrogens is 1. The highest BCUT2D eigenvalue weighted by molar-refractivity contribution is 6.07. The van der Waals surface area contributed by atoms with Gasteiger partial charge in [-0.1, -0.05) is 6.07 Å². The SMILES string of the molecule is NCCNC(=O)c1ccc2[nH]c(C(=O)Nc3ccc4c(c3)NC(C3=NCCN3)C4)cc2c1. The first-order valence-corrected chi connectivity index (χ1v) is 10.7. The van der Waals surface area contributed by atoms with Crippen LogP contribution in [-0.4, -0.2) is 54.9 Å². The van der Waals surface area contributed by atoms with Gasteiger partial charge in [0.05, 0.1) is 12.6 Å². The van der Waals surface area contributed by atoms with Crippen LogP contribution >= 0.6 is 0 Å². The van der Waals surface area contributed by atoms with Crippen molar-refractivity contribution in [3.63, 3.8) is 0 Å². The highest BCUT2D eigenvalue weighted by Gasteiger charge is 2.26. The van der Waals surface area contributed by atoms with E-state index in [4.69, 9.17) is 5.73 Å². The standard InChI is InChI=1S/C23H25N7O2/c24-5-6-27-22(31)14-2-4-17-15(9-14)11-20(29-17)23(32)28-16-3-1-13-10-19(30-18(13)12-16)21-25-7-8-26-21/h1-4,9,11-12,19,29-30H,5-8,10,24H2,(H,25,26)(H,27,31)(H,28,32). The molecule has 0 saturated carbocycles. The second-order valence-corrected chi connectivity index (χ2v) is 7.95. The van der Waals surface area contributed by atoms with E-state index in [2.05, 4.69) is 31.2 Å². The number of carbonyl (C=O) groups is 2. The Balaban J connectivity index is 1.29. The lowest BCUT2D eigenvalue weighted by Crippen LogP contribution is -2.35. The third-order valence-corrected chi connectivity index (χ3v) is 5.71. The molecular formula is C23H25N7O2. The number of amidine groups is 1. The minimum atomic E-state index is -0.244. The lowest BCUT2D eigenvalue weighted by atomic mass is 10.1. The predicted molar refractivity (Wildman–Crippen MR) is 126 cm³/mol. The van der Waals surface area contributed by atoms with Crippen molar-refractivity contribution in [2.24, 2.45) is 10.7 Å². The van der Waals surface area contributed by atoms with Gasteiger partial charge in [0.25, 0.3) is 11.8 Å². The Bertz CT molecular complexity index is 1230. The number of carbonyl (C=O) groups excluding carboxylic acids is 2. The van der Waals surface area contributed by atoms with Crippen molar-refractivity contribution < 1.29 is 9.59 Å². The van der Waals surface area contributed by atoms with Crippen LogP contribution in [0.15, 0.2) is 47.5 Å². The molecule has 0 fully saturated rings. The van der Waals surface area contributed by atoms with Crippen LogP contribution in [0.1, 0.15) is 26.4 Å². The first-order chi connectivity index (χ1) is 15.6. The van der Waals surface area contributed by atoms with Gasteiger partial charge in [-0.2, -0.15) is 0 Å². The summed E-state index contributed by atoms with van der Waals surface area (Å²) in [5, 5.41) is 13.3. The van der Waals surface area contributed by atoms with Gasteiger partial charge < -0.3 is 32.0 Å². The summed E-state index contributed by atoms with van der Waals surface area (Å²) >= 11 is 0. The number of rotatable bonds is 6. The highest BCUT2D eigenvalue weighted by atomic mass is 16.2. The van der Waals surface area contributed by atoms with E-state index >= 15 is 0 Å². The Hall–Kier alpha value is -3.85. The van der Waals surface area contributed by atoms with Gasteiger partial charge in [0.15, 0.2) is 0 Å². The van der Waals surface area contributed by atoms with Crippen LogP contribution in [0.2, 0.25) is 0 Å². The molecule has 9 nitrogen and oxygen atoms in total. The zero-order valence-electron chi connectivity index (χ0n) is 17.5. The van der Waals surface area contributed by atoms with Crippen LogP contribution in [0.25, 0.3) is 10.9 Å². The van der Waals surface area contributed by atoms with Gasteiger partial charge in [-0.05, 0) is 42.0 Å². The number of amides is 2. The van der Waals surface area contributed by atoms with Crippen LogP contribution in [0.4, 0.5) is 11.4 Å². The summed E-state index contributed by atoms with van der Waals surface area (Å²) in [6.07, 6.45) is 0.874. The minimum Gasteiger partial charge on any atom is -0.375 e. The maximum atomic E-state index is 12.8. The van der Waals surface area contributed by atoms with Crippen molar-refractivity contribution in [2.45, 2.75) is 12.5 Å². The molecule has 0 aliphatic carbocycles. The highest BCUT2D eigenvalue weighted by Crippen LogP contribution is 2.30. The Kier molecular flexibility index (Phi) is 5.24. The predicted octanol–water partition coefficient (Wildman–Crippen LogP) is 1.45. The molecule has 0 spiro atoms. The number of nitrogens with zero attached hydrogens (tertiary/aromatic N) is 1. The van der Waals surface area contributed by atoms with Gasteiger partial charge >= 0.3 is 0 Å². The molecule has 5 rings (SSSR count). The second kappa shape index (κ2) is 8.35. The molecule has 0 bridgehead atoms. The monoisotopic (exact) mass is 431 g/mol. The van der Waals surface area contributed by atoms with Gasteiger partial charge in [-0.3, -0.25) is 14.6 Å².